The molecule has 2 aromatic rings. The molecule has 34 heavy (non-hydrogen) atoms. The highest BCUT2D eigenvalue weighted by Crippen LogP contribution is 2.35. The number of halogens is 1. The molecule has 0 atom stereocenters. The van der Waals surface area contributed by atoms with E-state index in [0.29, 0.717) is 42.5 Å². The Morgan fingerprint density at radius 3 is 2.24 bits per heavy atom. The molecule has 2 saturated heterocycles. The molecule has 2 aromatic carbocycles. The van der Waals surface area contributed by atoms with Gasteiger partial charge in [0, 0.05) is 51.8 Å². The third kappa shape index (κ3) is 5.02. The van der Waals surface area contributed by atoms with E-state index < -0.39 is 17.7 Å². The Kier molecular flexibility index (Phi) is 6.52. The second-order valence-corrected chi connectivity index (χ2v) is 9.07. The van der Waals surface area contributed by atoms with Crippen molar-refractivity contribution in [3.63, 3.8) is 0 Å². The second-order valence-electron chi connectivity index (χ2n) is 8.66. The van der Waals surface area contributed by atoms with Gasteiger partial charge in [-0.05, 0) is 31.2 Å². The van der Waals surface area contributed by atoms with Gasteiger partial charge in [0.25, 0.3) is 11.7 Å². The summed E-state index contributed by atoms with van der Waals surface area (Å²) in [5.41, 5.74) is 2.87. The van der Waals surface area contributed by atoms with E-state index in [1.807, 2.05) is 36.1 Å². The summed E-state index contributed by atoms with van der Waals surface area (Å²) in [6.45, 7) is 7.18. The molecule has 1 N–H and O–H groups in total. The summed E-state index contributed by atoms with van der Waals surface area (Å²) in [4.78, 5) is 41.2. The predicted octanol–water partition coefficient (Wildman–Crippen LogP) is 3.74. The maximum absolute atomic E-state index is 12.8. The number of cyclic esters (lactones) is 2. The number of carbonyl (C=O) groups is 3. The monoisotopic (exact) mass is 483 g/mol. The largest absolute Gasteiger partial charge is 0.419 e. The summed E-state index contributed by atoms with van der Waals surface area (Å²) >= 11 is 6.52. The Labute approximate surface area is 203 Å². The lowest BCUT2D eigenvalue weighted by Gasteiger charge is -2.37. The van der Waals surface area contributed by atoms with E-state index in [1.54, 1.807) is 18.2 Å². The van der Waals surface area contributed by atoms with Gasteiger partial charge in [-0.2, -0.15) is 0 Å². The number of nitrogens with zero attached hydrogens (tertiary/aromatic N) is 2. The number of anilines is 2. The van der Waals surface area contributed by atoms with Crippen LogP contribution in [0.5, 0.6) is 0 Å². The first-order chi connectivity index (χ1) is 16.1. The van der Waals surface area contributed by atoms with Gasteiger partial charge in [0.1, 0.15) is 0 Å². The molecule has 0 aliphatic carbocycles. The number of hydrogen-bond acceptors (Lipinski definition) is 7. The molecule has 0 bridgehead atoms. The van der Waals surface area contributed by atoms with Crippen LogP contribution in [0.3, 0.4) is 0 Å². The summed E-state index contributed by atoms with van der Waals surface area (Å²) in [6.07, 6.45) is 1.27. The minimum absolute atomic E-state index is 0.000798. The van der Waals surface area contributed by atoms with Crippen LogP contribution in [0.4, 0.5) is 11.4 Å². The lowest BCUT2D eigenvalue weighted by Crippen LogP contribution is -2.49. The Bertz CT molecular complexity index is 1130. The van der Waals surface area contributed by atoms with Gasteiger partial charge >= 0.3 is 11.9 Å². The molecule has 178 valence electrons. The molecule has 9 heteroatoms. The summed E-state index contributed by atoms with van der Waals surface area (Å²) in [5.74, 6) is -2.83. The van der Waals surface area contributed by atoms with Crippen LogP contribution < -0.4 is 10.2 Å². The van der Waals surface area contributed by atoms with E-state index in [1.165, 1.54) is 20.0 Å². The number of aryl methyl sites for hydroxylation is 1. The Hall–Kier alpha value is -3.52. The molecule has 2 heterocycles. The standard InChI is InChI=1S/C25H26ClN3O5/c1-16-7-9-17(10-8-16)22(30)29-13-11-28(12-14-29)21-19(26)5-4-6-20(21)27-15-18-23(31)33-25(2,3)34-24(18)32/h4-10,15,27H,11-14H2,1-3H3. The van der Waals surface area contributed by atoms with E-state index in [4.69, 9.17) is 21.1 Å². The molecule has 4 rings (SSSR count). The first kappa shape index (κ1) is 23.6. The van der Waals surface area contributed by atoms with Gasteiger partial charge < -0.3 is 24.6 Å². The zero-order valence-corrected chi connectivity index (χ0v) is 20.0. The van der Waals surface area contributed by atoms with Crippen LogP contribution >= 0.6 is 11.6 Å². The summed E-state index contributed by atoms with van der Waals surface area (Å²) in [7, 11) is 0. The number of para-hydroxylation sites is 1. The lowest BCUT2D eigenvalue weighted by molar-refractivity contribution is -0.222. The van der Waals surface area contributed by atoms with E-state index >= 15 is 0 Å². The van der Waals surface area contributed by atoms with Crippen LogP contribution in [0.25, 0.3) is 0 Å². The zero-order valence-electron chi connectivity index (χ0n) is 19.3. The summed E-state index contributed by atoms with van der Waals surface area (Å²) in [5, 5.41) is 3.51. The van der Waals surface area contributed by atoms with Crippen LogP contribution in [0.2, 0.25) is 5.02 Å². The quantitative estimate of drug-likeness (QED) is 0.402. The van der Waals surface area contributed by atoms with Crippen LogP contribution in [-0.2, 0) is 19.1 Å². The molecular formula is C25H26ClN3O5. The summed E-state index contributed by atoms with van der Waals surface area (Å²) < 4.78 is 10.3. The molecule has 1 amide bonds. The first-order valence-electron chi connectivity index (χ1n) is 11.0. The van der Waals surface area contributed by atoms with Gasteiger partial charge in [0.15, 0.2) is 5.57 Å². The molecule has 2 fully saturated rings. The molecule has 0 radical (unpaired) electrons. The fourth-order valence-corrected chi connectivity index (χ4v) is 4.19. The SMILES string of the molecule is Cc1ccc(C(=O)N2CCN(c3c(Cl)cccc3NC=C3C(=O)OC(C)(C)OC3=O)CC2)cc1. The highest BCUT2D eigenvalue weighted by Gasteiger charge is 2.39. The van der Waals surface area contributed by atoms with Crippen molar-refractivity contribution in [1.29, 1.82) is 0 Å². The van der Waals surface area contributed by atoms with Crippen molar-refractivity contribution >= 4 is 40.8 Å². The van der Waals surface area contributed by atoms with Crippen LogP contribution in [0.1, 0.15) is 29.8 Å². The summed E-state index contributed by atoms with van der Waals surface area (Å²) in [6, 6.07) is 12.9. The first-order valence-corrected chi connectivity index (χ1v) is 11.4. The number of carbonyl (C=O) groups excluding carboxylic acids is 3. The molecule has 0 unspecified atom stereocenters. The van der Waals surface area contributed by atoms with Crippen LogP contribution in [-0.4, -0.2) is 54.7 Å². The molecule has 8 nitrogen and oxygen atoms in total. The minimum Gasteiger partial charge on any atom is -0.419 e. The van der Waals surface area contributed by atoms with E-state index in [-0.39, 0.29) is 11.5 Å². The predicted molar refractivity (Wildman–Crippen MR) is 129 cm³/mol. The average molecular weight is 484 g/mol. The topological polar surface area (TPSA) is 88.2 Å². The van der Waals surface area contributed by atoms with E-state index in [0.717, 1.165) is 11.3 Å². The van der Waals surface area contributed by atoms with Gasteiger partial charge in [-0.1, -0.05) is 35.4 Å². The number of esters is 2. The van der Waals surface area contributed by atoms with Gasteiger partial charge in [-0.25, -0.2) is 9.59 Å². The zero-order chi connectivity index (χ0) is 24.5. The lowest BCUT2D eigenvalue weighted by atomic mass is 10.1. The number of benzene rings is 2. The smallest absolute Gasteiger partial charge is 0.350 e. The van der Waals surface area contributed by atoms with Crippen LogP contribution in [0, 0.1) is 6.92 Å². The number of hydrogen-bond donors (Lipinski definition) is 1. The molecular weight excluding hydrogens is 458 g/mol. The van der Waals surface area contributed by atoms with Gasteiger partial charge in [-0.3, -0.25) is 4.79 Å². The third-order valence-electron chi connectivity index (χ3n) is 5.66. The number of nitrogens with one attached hydrogen (secondary N) is 1. The van der Waals surface area contributed by atoms with Crippen molar-refractivity contribution in [2.24, 2.45) is 0 Å². The van der Waals surface area contributed by atoms with E-state index in [2.05, 4.69) is 10.2 Å². The van der Waals surface area contributed by atoms with Gasteiger partial charge in [0.2, 0.25) is 0 Å². The van der Waals surface area contributed by atoms with E-state index in [9.17, 15) is 14.4 Å². The molecule has 0 aromatic heterocycles. The number of amides is 1. The number of piperazine rings is 1. The van der Waals surface area contributed by atoms with Crippen molar-refractivity contribution in [2.45, 2.75) is 26.6 Å². The van der Waals surface area contributed by atoms with Crippen molar-refractivity contribution in [2.75, 3.05) is 36.4 Å². The fraction of sp³-hybridized carbons (Fsp3) is 0.320. The normalized spacial score (nSPS) is 17.7. The van der Waals surface area contributed by atoms with Crippen molar-refractivity contribution < 1.29 is 23.9 Å². The van der Waals surface area contributed by atoms with Crippen molar-refractivity contribution in [3.05, 3.63) is 70.4 Å². The Morgan fingerprint density at radius 2 is 1.62 bits per heavy atom. The van der Waals surface area contributed by atoms with Crippen molar-refractivity contribution in [3.8, 4) is 0 Å². The Morgan fingerprint density at radius 1 is 1.00 bits per heavy atom. The highest BCUT2D eigenvalue weighted by atomic mass is 35.5. The number of ether oxygens (including phenoxy) is 2. The fourth-order valence-electron chi connectivity index (χ4n) is 3.89. The van der Waals surface area contributed by atoms with Gasteiger partial charge in [-0.15, -0.1) is 0 Å². The maximum atomic E-state index is 12.8. The van der Waals surface area contributed by atoms with Gasteiger partial charge in [0.05, 0.1) is 16.4 Å². The molecule has 2 aliphatic heterocycles. The molecule has 2 aliphatic rings. The molecule has 0 spiro atoms. The number of rotatable bonds is 4. The highest BCUT2D eigenvalue weighted by molar-refractivity contribution is 6.34. The Balaban J connectivity index is 1.48. The van der Waals surface area contributed by atoms with Crippen LogP contribution in [0.15, 0.2) is 54.2 Å². The third-order valence-corrected chi connectivity index (χ3v) is 5.96. The average Bonchev–Trinajstić information content (AvgIpc) is 2.78. The maximum Gasteiger partial charge on any atom is 0.350 e. The van der Waals surface area contributed by atoms with Crippen molar-refractivity contribution in [1.82, 2.24) is 4.90 Å². The second kappa shape index (κ2) is 9.38. The minimum atomic E-state index is -1.30. The molecule has 0 saturated carbocycles.